The molecule has 1 amide bonds. The van der Waals surface area contributed by atoms with Gasteiger partial charge in [-0.2, -0.15) is 5.10 Å². The van der Waals surface area contributed by atoms with Gasteiger partial charge in [0.15, 0.2) is 10.8 Å². The minimum Gasteiger partial charge on any atom is -0.306 e. The second kappa shape index (κ2) is 7.67. The second-order valence-electron chi connectivity index (χ2n) is 6.77. The molecule has 12 heteroatoms. The van der Waals surface area contributed by atoms with Gasteiger partial charge in [0.1, 0.15) is 17.0 Å². The zero-order valence-corrected chi connectivity index (χ0v) is 17.4. The fourth-order valence-corrected chi connectivity index (χ4v) is 4.20. The van der Waals surface area contributed by atoms with E-state index >= 15 is 0 Å². The zero-order valence-electron chi connectivity index (χ0n) is 16.5. The predicted octanol–water partition coefficient (Wildman–Crippen LogP) is 3.51. The van der Waals surface area contributed by atoms with Gasteiger partial charge >= 0.3 is 0 Å². The zero-order chi connectivity index (χ0) is 22.2. The van der Waals surface area contributed by atoms with Crippen LogP contribution in [0.5, 0.6) is 0 Å². The van der Waals surface area contributed by atoms with Gasteiger partial charge in [-0.25, -0.2) is 19.6 Å². The van der Waals surface area contributed by atoms with Crippen molar-refractivity contribution in [1.82, 2.24) is 29.1 Å². The number of nitrogens with one attached hydrogen (secondary N) is 1. The maximum atomic E-state index is 12.9. The van der Waals surface area contributed by atoms with Crippen LogP contribution in [-0.2, 0) is 0 Å². The lowest BCUT2D eigenvalue weighted by atomic mass is 10.1. The average Bonchev–Trinajstić information content (AvgIpc) is 3.52. The van der Waals surface area contributed by atoms with Crippen molar-refractivity contribution in [3.8, 4) is 17.1 Å². The Morgan fingerprint density at radius 1 is 1.22 bits per heavy atom. The Kier molecular flexibility index (Phi) is 4.67. The standard InChI is InChI=1S/C20H14N8O3S/c1-12-18(19(29)25-16-9-17(22-11-21-16)27-7-3-6-23-27)32-20-24-15(10-26(12)20)13-4-2-5-14(8-13)28(30)31/h2-11H,1H3,(H,21,22,25,29). The molecule has 0 radical (unpaired) electrons. The lowest BCUT2D eigenvalue weighted by Crippen LogP contribution is -2.13. The second-order valence-corrected chi connectivity index (χ2v) is 7.75. The highest BCUT2D eigenvalue weighted by atomic mass is 32.1. The molecule has 0 saturated heterocycles. The number of nitro groups is 1. The molecule has 0 fully saturated rings. The Bertz CT molecular complexity index is 1470. The maximum Gasteiger partial charge on any atom is 0.270 e. The van der Waals surface area contributed by atoms with Gasteiger partial charge in [-0.15, -0.1) is 0 Å². The summed E-state index contributed by atoms with van der Waals surface area (Å²) in [5.41, 5.74) is 1.92. The first-order valence-corrected chi connectivity index (χ1v) is 10.2. The van der Waals surface area contributed by atoms with Gasteiger partial charge in [0.05, 0.1) is 10.6 Å². The molecule has 1 N–H and O–H groups in total. The number of fused-ring (bicyclic) bond motifs is 1. The number of aryl methyl sites for hydroxylation is 1. The van der Waals surface area contributed by atoms with Crippen molar-refractivity contribution in [2.75, 3.05) is 5.32 Å². The molecule has 1 aromatic carbocycles. The third kappa shape index (κ3) is 3.48. The number of imidazole rings is 1. The summed E-state index contributed by atoms with van der Waals surface area (Å²) in [6.45, 7) is 1.81. The summed E-state index contributed by atoms with van der Waals surface area (Å²) in [7, 11) is 0. The highest BCUT2D eigenvalue weighted by Gasteiger charge is 2.19. The van der Waals surface area contributed by atoms with Crippen LogP contribution in [0.15, 0.2) is 61.3 Å². The van der Waals surface area contributed by atoms with E-state index in [0.29, 0.717) is 38.4 Å². The minimum absolute atomic E-state index is 0.00465. The molecule has 11 nitrogen and oxygen atoms in total. The number of aromatic nitrogens is 6. The monoisotopic (exact) mass is 446 g/mol. The lowest BCUT2D eigenvalue weighted by Gasteiger charge is -2.05. The highest BCUT2D eigenvalue weighted by molar-refractivity contribution is 7.19. The summed E-state index contributed by atoms with van der Waals surface area (Å²) in [6, 6.07) is 9.68. The fraction of sp³-hybridized carbons (Fsp3) is 0.0500. The molecule has 0 spiro atoms. The van der Waals surface area contributed by atoms with Gasteiger partial charge < -0.3 is 5.32 Å². The van der Waals surface area contributed by atoms with E-state index in [-0.39, 0.29) is 11.6 Å². The molecular formula is C20H14N8O3S. The maximum absolute atomic E-state index is 12.9. The Balaban J connectivity index is 1.42. The van der Waals surface area contributed by atoms with Gasteiger partial charge in [-0.1, -0.05) is 23.5 Å². The van der Waals surface area contributed by atoms with E-state index in [2.05, 4.69) is 25.4 Å². The first-order chi connectivity index (χ1) is 15.5. The largest absolute Gasteiger partial charge is 0.306 e. The van der Waals surface area contributed by atoms with E-state index in [4.69, 9.17) is 0 Å². The van der Waals surface area contributed by atoms with E-state index in [1.165, 1.54) is 29.8 Å². The molecule has 0 aliphatic heterocycles. The van der Waals surface area contributed by atoms with E-state index in [1.54, 1.807) is 51.9 Å². The number of rotatable bonds is 5. The van der Waals surface area contributed by atoms with E-state index in [0.717, 1.165) is 0 Å². The quantitative estimate of drug-likeness (QED) is 0.323. The highest BCUT2D eigenvalue weighted by Crippen LogP contribution is 2.29. The number of benzene rings is 1. The molecule has 0 unspecified atom stereocenters. The normalized spacial score (nSPS) is 11.0. The van der Waals surface area contributed by atoms with Crippen molar-refractivity contribution in [2.45, 2.75) is 6.92 Å². The van der Waals surface area contributed by atoms with Crippen molar-refractivity contribution < 1.29 is 9.72 Å². The van der Waals surface area contributed by atoms with Crippen LogP contribution in [0.2, 0.25) is 0 Å². The van der Waals surface area contributed by atoms with Gasteiger partial charge in [-0.05, 0) is 13.0 Å². The van der Waals surface area contributed by atoms with Crippen LogP contribution in [-0.4, -0.2) is 40.0 Å². The number of amides is 1. The van der Waals surface area contributed by atoms with Crippen LogP contribution < -0.4 is 5.32 Å². The predicted molar refractivity (Wildman–Crippen MR) is 117 cm³/mol. The molecule has 5 rings (SSSR count). The number of hydrogen-bond acceptors (Lipinski definition) is 8. The molecule has 0 saturated carbocycles. The summed E-state index contributed by atoms with van der Waals surface area (Å²) >= 11 is 1.22. The number of carbonyl (C=O) groups excluding carboxylic acids is 1. The number of carbonyl (C=O) groups is 1. The van der Waals surface area contributed by atoms with Crippen LogP contribution >= 0.6 is 11.3 Å². The number of thiazole rings is 1. The number of hydrogen-bond donors (Lipinski definition) is 1. The summed E-state index contributed by atoms with van der Waals surface area (Å²) < 4.78 is 3.36. The van der Waals surface area contributed by atoms with Gasteiger partial charge in [0, 0.05) is 48.0 Å². The minimum atomic E-state index is -0.444. The van der Waals surface area contributed by atoms with E-state index in [9.17, 15) is 14.9 Å². The summed E-state index contributed by atoms with van der Waals surface area (Å²) in [6.07, 6.45) is 6.49. The molecule has 5 aromatic rings. The van der Waals surface area contributed by atoms with Crippen LogP contribution in [0.25, 0.3) is 22.0 Å². The van der Waals surface area contributed by atoms with Gasteiger partial charge in [0.2, 0.25) is 0 Å². The molecule has 158 valence electrons. The number of non-ortho nitro benzene ring substituents is 1. The van der Waals surface area contributed by atoms with Gasteiger partial charge in [-0.3, -0.25) is 19.3 Å². The molecule has 0 bridgehead atoms. The average molecular weight is 446 g/mol. The number of nitrogens with zero attached hydrogens (tertiary/aromatic N) is 7. The Morgan fingerprint density at radius 2 is 2.09 bits per heavy atom. The summed E-state index contributed by atoms with van der Waals surface area (Å²) in [5.74, 6) is 0.554. The SMILES string of the molecule is Cc1c(C(=O)Nc2cc(-n3cccn3)ncn2)sc2nc(-c3cccc([N+](=O)[O-])c3)cn12. The third-order valence-electron chi connectivity index (χ3n) is 4.75. The summed E-state index contributed by atoms with van der Waals surface area (Å²) in [5, 5.41) is 17.9. The topological polar surface area (TPSA) is 133 Å². The van der Waals surface area contributed by atoms with E-state index in [1.807, 2.05) is 6.92 Å². The fourth-order valence-electron chi connectivity index (χ4n) is 3.20. The Hall–Kier alpha value is -4.45. The van der Waals surface area contributed by atoms with Crippen LogP contribution in [0.3, 0.4) is 0 Å². The van der Waals surface area contributed by atoms with Crippen molar-refractivity contribution in [2.24, 2.45) is 0 Å². The number of nitro benzene ring substituents is 1. The van der Waals surface area contributed by atoms with E-state index < -0.39 is 4.92 Å². The van der Waals surface area contributed by atoms with Crippen molar-refractivity contribution in [1.29, 1.82) is 0 Å². The Morgan fingerprint density at radius 3 is 2.84 bits per heavy atom. The number of anilines is 1. The molecule has 4 heterocycles. The van der Waals surface area contributed by atoms with Crippen molar-refractivity contribution in [3.63, 3.8) is 0 Å². The van der Waals surface area contributed by atoms with Crippen LogP contribution in [0.1, 0.15) is 15.4 Å². The molecular weight excluding hydrogens is 432 g/mol. The molecule has 32 heavy (non-hydrogen) atoms. The summed E-state index contributed by atoms with van der Waals surface area (Å²) in [4.78, 5) is 37.4. The van der Waals surface area contributed by atoms with Gasteiger partial charge in [0.25, 0.3) is 11.6 Å². The first kappa shape index (κ1) is 19.5. The molecule has 4 aromatic heterocycles. The lowest BCUT2D eigenvalue weighted by molar-refractivity contribution is -0.384. The first-order valence-electron chi connectivity index (χ1n) is 9.36. The smallest absolute Gasteiger partial charge is 0.270 e. The van der Waals surface area contributed by atoms with Crippen molar-refractivity contribution >= 4 is 33.7 Å². The Labute approximate surface area is 184 Å². The third-order valence-corrected chi connectivity index (χ3v) is 5.90. The molecule has 0 aliphatic carbocycles. The van der Waals surface area contributed by atoms with Crippen molar-refractivity contribution in [3.05, 3.63) is 82.0 Å². The molecule has 0 atom stereocenters. The van der Waals surface area contributed by atoms with Crippen LogP contribution in [0.4, 0.5) is 11.5 Å². The van der Waals surface area contributed by atoms with Crippen LogP contribution in [0, 0.1) is 17.0 Å². The molecule has 0 aliphatic rings.